The van der Waals surface area contributed by atoms with Crippen molar-refractivity contribution in [1.29, 1.82) is 0 Å². The molecule has 1 amide bonds. The Morgan fingerprint density at radius 1 is 1.36 bits per heavy atom. The molecule has 0 aliphatic heterocycles. The van der Waals surface area contributed by atoms with Crippen molar-refractivity contribution in [1.82, 2.24) is 30.0 Å². The highest BCUT2D eigenvalue weighted by atomic mass is 35.5. The fourth-order valence-electron chi connectivity index (χ4n) is 3.00. The smallest absolute Gasteiger partial charge is 0.255 e. The Labute approximate surface area is 165 Å². The molecular formula is C19H19ClN6O2. The van der Waals surface area contributed by atoms with Gasteiger partial charge in [-0.15, -0.1) is 0 Å². The van der Waals surface area contributed by atoms with E-state index in [0.717, 1.165) is 10.9 Å². The van der Waals surface area contributed by atoms with E-state index in [-0.39, 0.29) is 5.91 Å². The van der Waals surface area contributed by atoms with Gasteiger partial charge in [0.25, 0.3) is 5.91 Å². The molecule has 3 heterocycles. The predicted octanol–water partition coefficient (Wildman–Crippen LogP) is 2.66. The van der Waals surface area contributed by atoms with Gasteiger partial charge in [-0.3, -0.25) is 9.48 Å². The molecule has 4 aromatic rings. The molecule has 0 radical (unpaired) electrons. The molecule has 4 rings (SSSR count). The summed E-state index contributed by atoms with van der Waals surface area (Å²) in [6.45, 7) is 3.36. The number of halogens is 1. The summed E-state index contributed by atoms with van der Waals surface area (Å²) in [6, 6.07) is 5.14. The number of aryl methyl sites for hydroxylation is 1. The molecule has 8 nitrogen and oxygen atoms in total. The van der Waals surface area contributed by atoms with Crippen LogP contribution in [0.1, 0.15) is 24.2 Å². The van der Waals surface area contributed by atoms with Gasteiger partial charge in [0.2, 0.25) is 0 Å². The van der Waals surface area contributed by atoms with Gasteiger partial charge in [-0.25, -0.2) is 9.97 Å². The fourth-order valence-corrected chi connectivity index (χ4v) is 3.17. The average molecular weight is 399 g/mol. The summed E-state index contributed by atoms with van der Waals surface area (Å²) in [6.07, 6.45) is 2.52. The first-order valence-corrected chi connectivity index (χ1v) is 9.18. The minimum absolute atomic E-state index is 0.330. The summed E-state index contributed by atoms with van der Waals surface area (Å²) in [4.78, 5) is 24.6. The third-order valence-electron chi connectivity index (χ3n) is 4.76. The topological polar surface area (TPSA) is 109 Å². The Kier molecular flexibility index (Phi) is 4.52. The van der Waals surface area contributed by atoms with Crippen molar-refractivity contribution in [3.63, 3.8) is 0 Å². The normalized spacial score (nSPS) is 13.8. The molecule has 1 aromatic carbocycles. The van der Waals surface area contributed by atoms with Crippen LogP contribution in [0.25, 0.3) is 33.5 Å². The van der Waals surface area contributed by atoms with E-state index in [2.05, 4.69) is 25.4 Å². The molecule has 9 heteroatoms. The Balaban J connectivity index is 1.79. The van der Waals surface area contributed by atoms with Gasteiger partial charge in [0.1, 0.15) is 16.9 Å². The van der Waals surface area contributed by atoms with E-state index in [0.29, 0.717) is 33.1 Å². The van der Waals surface area contributed by atoms with Crippen molar-refractivity contribution < 1.29 is 9.90 Å². The molecule has 0 aliphatic rings. The second-order valence-corrected chi connectivity index (χ2v) is 7.23. The minimum atomic E-state index is -0.664. The number of amides is 1. The standard InChI is InChI=1S/C19H19ClN6O2/c1-9(10(2)27)23-19(28)13-7-21-18-17(13)24-14(8-22-18)16-12-5-4-11(20)6-15(12)26(3)25-16/h4-10,27H,1-3H3,(H,21,22)(H,23,28). The Morgan fingerprint density at radius 2 is 2.14 bits per heavy atom. The first kappa shape index (κ1) is 18.4. The Bertz CT molecular complexity index is 1200. The zero-order chi connectivity index (χ0) is 20.0. The number of carbonyl (C=O) groups is 1. The lowest BCUT2D eigenvalue weighted by Crippen LogP contribution is -2.39. The number of hydrogen-bond acceptors (Lipinski definition) is 5. The highest BCUT2D eigenvalue weighted by Crippen LogP contribution is 2.29. The first-order chi connectivity index (χ1) is 13.3. The number of aromatic amines is 1. The van der Waals surface area contributed by atoms with Crippen molar-refractivity contribution in [2.45, 2.75) is 26.0 Å². The van der Waals surface area contributed by atoms with Gasteiger partial charge in [-0.05, 0) is 32.0 Å². The largest absolute Gasteiger partial charge is 0.391 e. The number of hydrogen-bond donors (Lipinski definition) is 3. The van der Waals surface area contributed by atoms with E-state index in [1.165, 1.54) is 0 Å². The second kappa shape index (κ2) is 6.88. The van der Waals surface area contributed by atoms with Gasteiger partial charge in [-0.2, -0.15) is 5.10 Å². The zero-order valence-electron chi connectivity index (χ0n) is 15.6. The van der Waals surface area contributed by atoms with Crippen molar-refractivity contribution >= 4 is 39.6 Å². The number of nitrogens with zero attached hydrogens (tertiary/aromatic N) is 4. The number of H-pyrrole nitrogens is 1. The van der Waals surface area contributed by atoms with Gasteiger partial charge >= 0.3 is 0 Å². The van der Waals surface area contributed by atoms with Crippen molar-refractivity contribution in [3.8, 4) is 11.4 Å². The van der Waals surface area contributed by atoms with Crippen LogP contribution in [0, 0.1) is 0 Å². The molecule has 0 fully saturated rings. The molecule has 0 saturated carbocycles. The summed E-state index contributed by atoms with van der Waals surface area (Å²) in [5.41, 5.74) is 3.40. The van der Waals surface area contributed by atoms with Crippen LogP contribution in [0.3, 0.4) is 0 Å². The van der Waals surface area contributed by atoms with Gasteiger partial charge in [0.15, 0.2) is 5.65 Å². The van der Waals surface area contributed by atoms with Crippen molar-refractivity contribution in [2.75, 3.05) is 0 Å². The number of fused-ring (bicyclic) bond motifs is 2. The third kappa shape index (κ3) is 3.10. The molecule has 0 bridgehead atoms. The Morgan fingerprint density at radius 3 is 2.89 bits per heavy atom. The van der Waals surface area contributed by atoms with Crippen molar-refractivity contribution in [3.05, 3.63) is 41.2 Å². The lowest BCUT2D eigenvalue weighted by atomic mass is 10.1. The number of carbonyl (C=O) groups excluding carboxylic acids is 1. The molecular weight excluding hydrogens is 380 g/mol. The number of aromatic nitrogens is 5. The first-order valence-electron chi connectivity index (χ1n) is 8.81. The molecule has 2 unspecified atom stereocenters. The number of rotatable bonds is 4. The maximum atomic E-state index is 12.6. The summed E-state index contributed by atoms with van der Waals surface area (Å²) < 4.78 is 1.73. The predicted molar refractivity (Wildman–Crippen MR) is 107 cm³/mol. The average Bonchev–Trinajstić information content (AvgIpc) is 3.22. The zero-order valence-corrected chi connectivity index (χ0v) is 16.3. The summed E-state index contributed by atoms with van der Waals surface area (Å²) >= 11 is 6.09. The van der Waals surface area contributed by atoms with Crippen LogP contribution >= 0.6 is 11.6 Å². The quantitative estimate of drug-likeness (QED) is 0.489. The number of aliphatic hydroxyl groups is 1. The molecule has 2 atom stereocenters. The van der Waals surface area contributed by atoms with Crippen LogP contribution in [0.5, 0.6) is 0 Å². The Hall–Kier alpha value is -2.97. The third-order valence-corrected chi connectivity index (χ3v) is 5.00. The number of nitrogens with one attached hydrogen (secondary N) is 2. The van der Waals surface area contributed by atoms with Crippen LogP contribution in [0.2, 0.25) is 5.02 Å². The van der Waals surface area contributed by atoms with Gasteiger partial charge in [0.05, 0.1) is 29.4 Å². The minimum Gasteiger partial charge on any atom is -0.391 e. The maximum absolute atomic E-state index is 12.6. The molecule has 3 aromatic heterocycles. The fraction of sp³-hybridized carbons (Fsp3) is 0.263. The lowest BCUT2D eigenvalue weighted by molar-refractivity contribution is 0.0875. The number of aliphatic hydroxyl groups excluding tert-OH is 1. The van der Waals surface area contributed by atoms with E-state index >= 15 is 0 Å². The van der Waals surface area contributed by atoms with E-state index in [1.54, 1.807) is 37.0 Å². The highest BCUT2D eigenvalue weighted by Gasteiger charge is 2.20. The molecule has 0 spiro atoms. The van der Waals surface area contributed by atoms with E-state index < -0.39 is 12.1 Å². The highest BCUT2D eigenvalue weighted by molar-refractivity contribution is 6.31. The van der Waals surface area contributed by atoms with E-state index in [1.807, 2.05) is 19.2 Å². The van der Waals surface area contributed by atoms with Crippen molar-refractivity contribution in [2.24, 2.45) is 7.05 Å². The van der Waals surface area contributed by atoms with Crippen LogP contribution in [-0.4, -0.2) is 47.9 Å². The maximum Gasteiger partial charge on any atom is 0.255 e. The van der Waals surface area contributed by atoms with Crippen LogP contribution in [0.15, 0.2) is 30.6 Å². The summed E-state index contributed by atoms with van der Waals surface area (Å²) in [5.74, 6) is -0.330. The molecule has 3 N–H and O–H groups in total. The van der Waals surface area contributed by atoms with Gasteiger partial charge < -0.3 is 15.4 Å². The van der Waals surface area contributed by atoms with Gasteiger partial charge in [-0.1, -0.05) is 11.6 Å². The molecule has 0 saturated heterocycles. The van der Waals surface area contributed by atoms with E-state index in [4.69, 9.17) is 11.6 Å². The summed E-state index contributed by atoms with van der Waals surface area (Å²) in [5, 5.41) is 18.5. The molecule has 28 heavy (non-hydrogen) atoms. The van der Waals surface area contributed by atoms with Crippen LogP contribution in [0.4, 0.5) is 0 Å². The van der Waals surface area contributed by atoms with Crippen LogP contribution in [-0.2, 0) is 7.05 Å². The SMILES string of the molecule is CC(O)C(C)NC(=O)c1c[nH]c2ncc(-c3nn(C)c4cc(Cl)ccc34)nc12. The summed E-state index contributed by atoms with van der Waals surface area (Å²) in [7, 11) is 1.83. The lowest BCUT2D eigenvalue weighted by Gasteiger charge is -2.15. The molecule has 144 valence electrons. The van der Waals surface area contributed by atoms with E-state index in [9.17, 15) is 9.90 Å². The van der Waals surface area contributed by atoms with Crippen LogP contribution < -0.4 is 5.32 Å². The number of benzene rings is 1. The second-order valence-electron chi connectivity index (χ2n) is 6.79. The molecule has 0 aliphatic carbocycles. The van der Waals surface area contributed by atoms with Gasteiger partial charge in [0, 0.05) is 23.7 Å². The monoisotopic (exact) mass is 398 g/mol.